The van der Waals surface area contributed by atoms with Gasteiger partial charge in [-0.3, -0.25) is 4.79 Å². The van der Waals surface area contributed by atoms with Gasteiger partial charge in [-0.1, -0.05) is 62.4 Å². The van der Waals surface area contributed by atoms with Gasteiger partial charge in [0.1, 0.15) is 11.6 Å². The lowest BCUT2D eigenvalue weighted by Gasteiger charge is -2.17. The van der Waals surface area contributed by atoms with Gasteiger partial charge in [0.25, 0.3) is 0 Å². The van der Waals surface area contributed by atoms with Crippen LogP contribution in [-0.4, -0.2) is 28.6 Å². The second kappa shape index (κ2) is 10.3. The minimum absolute atomic E-state index is 0.0873. The fourth-order valence-electron chi connectivity index (χ4n) is 5.02. The Morgan fingerprint density at radius 1 is 0.943 bits per heavy atom. The van der Waals surface area contributed by atoms with Gasteiger partial charge in [-0.25, -0.2) is 4.98 Å². The van der Waals surface area contributed by atoms with Crippen LogP contribution >= 0.6 is 0 Å². The smallest absolute Gasteiger partial charge is 0.227 e. The summed E-state index contributed by atoms with van der Waals surface area (Å²) < 4.78 is 8.46. The number of unbranched alkanes of at least 4 members (excludes halogenated alkanes) is 1. The molecule has 5 nitrogen and oxygen atoms in total. The molecule has 1 aliphatic rings. The highest BCUT2D eigenvalue weighted by Crippen LogP contribution is 2.33. The Morgan fingerprint density at radius 3 is 2.51 bits per heavy atom. The summed E-state index contributed by atoms with van der Waals surface area (Å²) in [6.45, 7) is 6.61. The Kier molecular flexibility index (Phi) is 6.84. The number of hydrogen-bond donors (Lipinski definition) is 0. The van der Waals surface area contributed by atoms with Crippen molar-refractivity contribution in [2.24, 2.45) is 0 Å². The maximum absolute atomic E-state index is 12.9. The number of rotatable bonds is 9. The van der Waals surface area contributed by atoms with Crippen molar-refractivity contribution in [3.63, 3.8) is 0 Å². The molecule has 35 heavy (non-hydrogen) atoms. The molecule has 1 amide bonds. The first-order valence-electron chi connectivity index (χ1n) is 12.6. The second-order valence-corrected chi connectivity index (χ2v) is 9.60. The van der Waals surface area contributed by atoms with Crippen molar-refractivity contribution < 1.29 is 9.53 Å². The van der Waals surface area contributed by atoms with Crippen LogP contribution in [0.5, 0.6) is 5.75 Å². The van der Waals surface area contributed by atoms with E-state index in [2.05, 4.69) is 54.8 Å². The van der Waals surface area contributed by atoms with Crippen LogP contribution in [0.15, 0.2) is 78.9 Å². The van der Waals surface area contributed by atoms with Crippen LogP contribution in [0.4, 0.5) is 5.69 Å². The number of amides is 1. The number of fused-ring (bicyclic) bond motifs is 1. The summed E-state index contributed by atoms with van der Waals surface area (Å²) in [4.78, 5) is 19.8. The van der Waals surface area contributed by atoms with E-state index in [0.29, 0.717) is 25.5 Å². The molecule has 1 aliphatic heterocycles. The number of aryl methyl sites for hydroxylation is 1. The highest BCUT2D eigenvalue weighted by molar-refractivity contribution is 5.96. The monoisotopic (exact) mass is 467 g/mol. The summed E-state index contributed by atoms with van der Waals surface area (Å²) in [6, 6.07) is 26.5. The standard InChI is InChI=1S/C30H33N3O2/c1-22(2)25-14-6-9-17-28(25)35-19-11-10-18-32-27-16-8-7-15-26(27)31-30(32)23-20-29(34)33(21-23)24-12-4-3-5-13-24/h3-9,12-17,22-23H,10-11,18-21H2,1-2H3. The molecule has 4 aromatic rings. The molecule has 0 N–H and O–H groups in total. The Labute approximate surface area is 207 Å². The molecule has 0 bridgehead atoms. The average Bonchev–Trinajstić information content (AvgIpc) is 3.45. The first-order valence-corrected chi connectivity index (χ1v) is 12.6. The number of aromatic nitrogens is 2. The third-order valence-electron chi connectivity index (χ3n) is 6.82. The summed E-state index contributed by atoms with van der Waals surface area (Å²) in [6.07, 6.45) is 2.44. The van der Waals surface area contributed by atoms with Gasteiger partial charge in [0, 0.05) is 31.1 Å². The van der Waals surface area contributed by atoms with Crippen molar-refractivity contribution in [3.8, 4) is 5.75 Å². The predicted octanol–water partition coefficient (Wildman–Crippen LogP) is 6.54. The summed E-state index contributed by atoms with van der Waals surface area (Å²) in [5, 5.41) is 0. The third kappa shape index (κ3) is 4.95. The van der Waals surface area contributed by atoms with Gasteiger partial charge in [-0.05, 0) is 54.7 Å². The highest BCUT2D eigenvalue weighted by Gasteiger charge is 2.34. The number of benzene rings is 3. The lowest BCUT2D eigenvalue weighted by atomic mass is 10.0. The topological polar surface area (TPSA) is 47.4 Å². The zero-order valence-corrected chi connectivity index (χ0v) is 20.6. The van der Waals surface area contributed by atoms with E-state index in [1.165, 1.54) is 5.56 Å². The molecule has 0 aliphatic carbocycles. The second-order valence-electron chi connectivity index (χ2n) is 9.60. The molecule has 1 aromatic heterocycles. The van der Waals surface area contributed by atoms with E-state index in [0.717, 1.165) is 47.7 Å². The van der Waals surface area contributed by atoms with Crippen molar-refractivity contribution in [2.45, 2.75) is 51.5 Å². The molecule has 0 radical (unpaired) electrons. The maximum atomic E-state index is 12.9. The zero-order valence-electron chi connectivity index (χ0n) is 20.6. The number of imidazole rings is 1. The van der Waals surface area contributed by atoms with Gasteiger partial charge in [0.05, 0.1) is 17.6 Å². The fourth-order valence-corrected chi connectivity index (χ4v) is 5.02. The molecule has 1 saturated heterocycles. The van der Waals surface area contributed by atoms with Crippen molar-refractivity contribution in [1.29, 1.82) is 0 Å². The van der Waals surface area contributed by atoms with Gasteiger partial charge in [-0.2, -0.15) is 0 Å². The van der Waals surface area contributed by atoms with E-state index in [1.54, 1.807) is 0 Å². The van der Waals surface area contributed by atoms with E-state index in [4.69, 9.17) is 9.72 Å². The number of anilines is 1. The molecule has 1 unspecified atom stereocenters. The Morgan fingerprint density at radius 2 is 1.69 bits per heavy atom. The molecule has 2 heterocycles. The minimum Gasteiger partial charge on any atom is -0.493 e. The van der Waals surface area contributed by atoms with Gasteiger partial charge < -0.3 is 14.2 Å². The SMILES string of the molecule is CC(C)c1ccccc1OCCCCn1c(C2CC(=O)N(c3ccccc3)C2)nc2ccccc21. The number of para-hydroxylation sites is 4. The number of ether oxygens (including phenoxy) is 1. The number of hydrogen-bond acceptors (Lipinski definition) is 3. The largest absolute Gasteiger partial charge is 0.493 e. The van der Waals surface area contributed by atoms with Crippen LogP contribution in [0.3, 0.4) is 0 Å². The van der Waals surface area contributed by atoms with Gasteiger partial charge in [0.15, 0.2) is 0 Å². The van der Waals surface area contributed by atoms with Crippen molar-refractivity contribution in [3.05, 3.63) is 90.3 Å². The summed E-state index contributed by atoms with van der Waals surface area (Å²) in [7, 11) is 0. The molecule has 5 rings (SSSR count). The molecule has 0 spiro atoms. The molecule has 3 aromatic carbocycles. The van der Waals surface area contributed by atoms with Crippen LogP contribution in [0.2, 0.25) is 0 Å². The molecule has 1 fully saturated rings. The molecule has 180 valence electrons. The first-order chi connectivity index (χ1) is 17.1. The lowest BCUT2D eigenvalue weighted by molar-refractivity contribution is -0.117. The Bertz CT molecular complexity index is 1300. The van der Waals surface area contributed by atoms with E-state index < -0.39 is 0 Å². The van der Waals surface area contributed by atoms with Gasteiger partial charge in [0.2, 0.25) is 5.91 Å². The normalized spacial score (nSPS) is 15.9. The summed E-state index contributed by atoms with van der Waals surface area (Å²) in [5.41, 5.74) is 4.35. The molecule has 5 heteroatoms. The fraction of sp³-hybridized carbons (Fsp3) is 0.333. The van der Waals surface area contributed by atoms with Crippen LogP contribution in [0.1, 0.15) is 56.3 Å². The van der Waals surface area contributed by atoms with E-state index in [9.17, 15) is 4.79 Å². The van der Waals surface area contributed by atoms with Crippen molar-refractivity contribution >= 4 is 22.6 Å². The number of carbonyl (C=O) groups is 1. The predicted molar refractivity (Wildman–Crippen MR) is 141 cm³/mol. The highest BCUT2D eigenvalue weighted by atomic mass is 16.5. The van der Waals surface area contributed by atoms with Crippen molar-refractivity contribution in [2.75, 3.05) is 18.1 Å². The molecule has 0 saturated carbocycles. The quantitative estimate of drug-likeness (QED) is 0.263. The summed E-state index contributed by atoms with van der Waals surface area (Å²) in [5.74, 6) is 2.70. The Hall–Kier alpha value is -3.60. The number of nitrogens with zero attached hydrogens (tertiary/aromatic N) is 3. The minimum atomic E-state index is 0.0873. The maximum Gasteiger partial charge on any atom is 0.227 e. The van der Waals surface area contributed by atoms with Crippen LogP contribution in [0.25, 0.3) is 11.0 Å². The van der Waals surface area contributed by atoms with Crippen LogP contribution < -0.4 is 9.64 Å². The van der Waals surface area contributed by atoms with Gasteiger partial charge in [-0.15, -0.1) is 0 Å². The summed E-state index contributed by atoms with van der Waals surface area (Å²) >= 11 is 0. The Balaban J connectivity index is 1.28. The van der Waals surface area contributed by atoms with E-state index in [1.807, 2.05) is 47.4 Å². The number of carbonyl (C=O) groups excluding carboxylic acids is 1. The van der Waals surface area contributed by atoms with Crippen LogP contribution in [-0.2, 0) is 11.3 Å². The third-order valence-corrected chi connectivity index (χ3v) is 6.82. The molecule has 1 atom stereocenters. The van der Waals surface area contributed by atoms with Crippen LogP contribution in [0, 0.1) is 0 Å². The first kappa shape index (κ1) is 23.2. The van der Waals surface area contributed by atoms with E-state index in [-0.39, 0.29) is 11.8 Å². The molecular formula is C30H33N3O2. The lowest BCUT2D eigenvalue weighted by Crippen LogP contribution is -2.24. The van der Waals surface area contributed by atoms with Crippen molar-refractivity contribution in [1.82, 2.24) is 9.55 Å². The zero-order chi connectivity index (χ0) is 24.2. The molecular weight excluding hydrogens is 434 g/mol. The average molecular weight is 468 g/mol. The van der Waals surface area contributed by atoms with Gasteiger partial charge >= 0.3 is 0 Å². The van der Waals surface area contributed by atoms with E-state index >= 15 is 0 Å².